The average Bonchev–Trinajstić information content (AvgIpc) is 2.51. The molecule has 2 amide bonds. The van der Waals surface area contributed by atoms with E-state index in [0.717, 1.165) is 16.8 Å². The molecule has 0 bridgehead atoms. The van der Waals surface area contributed by atoms with Crippen LogP contribution >= 0.6 is 0 Å². The molecule has 4 heteroatoms. The number of carbonyl (C=O) groups is 2. The number of hydrogen-bond acceptors (Lipinski definition) is 2. The molecule has 0 atom stereocenters. The summed E-state index contributed by atoms with van der Waals surface area (Å²) in [4.78, 5) is 23.9. The van der Waals surface area contributed by atoms with Gasteiger partial charge in [-0.2, -0.15) is 0 Å². The summed E-state index contributed by atoms with van der Waals surface area (Å²) in [5, 5.41) is 5.68. The van der Waals surface area contributed by atoms with E-state index in [2.05, 4.69) is 10.6 Å². The maximum atomic E-state index is 12.1. The molecule has 0 aliphatic rings. The van der Waals surface area contributed by atoms with Crippen molar-refractivity contribution in [3.63, 3.8) is 0 Å². The minimum absolute atomic E-state index is 0.103. The molecule has 0 radical (unpaired) electrons. The fourth-order valence-electron chi connectivity index (χ4n) is 2.56. The van der Waals surface area contributed by atoms with E-state index in [1.54, 1.807) is 12.1 Å². The van der Waals surface area contributed by atoms with Crippen LogP contribution in [0.25, 0.3) is 0 Å². The summed E-state index contributed by atoms with van der Waals surface area (Å²) in [6.07, 6.45) is 0.241. The van der Waals surface area contributed by atoms with E-state index in [1.165, 1.54) is 5.56 Å². The molecule has 2 aromatic rings. The van der Waals surface area contributed by atoms with Crippen molar-refractivity contribution in [2.45, 2.75) is 27.2 Å². The lowest BCUT2D eigenvalue weighted by molar-refractivity contribution is -0.116. The highest BCUT2D eigenvalue weighted by atomic mass is 16.2. The zero-order valence-electron chi connectivity index (χ0n) is 13.8. The van der Waals surface area contributed by atoms with Gasteiger partial charge in [0.1, 0.15) is 0 Å². The summed E-state index contributed by atoms with van der Waals surface area (Å²) in [7, 11) is 0. The van der Waals surface area contributed by atoms with Crippen molar-refractivity contribution >= 4 is 17.5 Å². The summed E-state index contributed by atoms with van der Waals surface area (Å²) in [6.45, 7) is 6.30. The van der Waals surface area contributed by atoms with Crippen LogP contribution in [0.3, 0.4) is 0 Å². The molecule has 2 rings (SSSR count). The molecular weight excluding hydrogens is 288 g/mol. The number of rotatable bonds is 5. The maximum absolute atomic E-state index is 12.1. The van der Waals surface area contributed by atoms with Gasteiger partial charge in [-0.1, -0.05) is 35.9 Å². The van der Waals surface area contributed by atoms with Gasteiger partial charge in [-0.15, -0.1) is 0 Å². The third-order valence-corrected chi connectivity index (χ3v) is 3.62. The van der Waals surface area contributed by atoms with Gasteiger partial charge in [0.25, 0.3) is 5.91 Å². The van der Waals surface area contributed by atoms with E-state index in [1.807, 2.05) is 51.1 Å². The molecular formula is C19H22N2O2. The first kappa shape index (κ1) is 16.7. The second-order valence-electron chi connectivity index (χ2n) is 5.69. The van der Waals surface area contributed by atoms with Crippen LogP contribution in [0.15, 0.2) is 42.5 Å². The largest absolute Gasteiger partial charge is 0.352 e. The topological polar surface area (TPSA) is 58.2 Å². The van der Waals surface area contributed by atoms with Crippen molar-refractivity contribution < 1.29 is 9.59 Å². The van der Waals surface area contributed by atoms with Gasteiger partial charge in [-0.05, 0) is 44.0 Å². The standard InChI is InChI=1S/C19H22N2O2/c1-13-11-14(2)18(15(3)12-13)21-17(22)9-10-20-19(23)16-7-5-4-6-8-16/h4-8,11-12H,9-10H2,1-3H3,(H,20,23)(H,21,22). The van der Waals surface area contributed by atoms with Crippen LogP contribution in [-0.2, 0) is 4.79 Å². The van der Waals surface area contributed by atoms with Crippen molar-refractivity contribution in [1.29, 1.82) is 0 Å². The number of carbonyl (C=O) groups excluding carboxylic acids is 2. The molecule has 0 saturated carbocycles. The fourth-order valence-corrected chi connectivity index (χ4v) is 2.56. The van der Waals surface area contributed by atoms with Crippen LogP contribution in [0.2, 0.25) is 0 Å². The van der Waals surface area contributed by atoms with Crippen LogP contribution in [0.1, 0.15) is 33.5 Å². The predicted molar refractivity (Wildman–Crippen MR) is 92.7 cm³/mol. The lowest BCUT2D eigenvalue weighted by Gasteiger charge is -2.13. The molecule has 0 aromatic heterocycles. The summed E-state index contributed by atoms with van der Waals surface area (Å²) in [5.41, 5.74) is 4.72. The van der Waals surface area contributed by atoms with E-state index < -0.39 is 0 Å². The van der Waals surface area contributed by atoms with Crippen LogP contribution in [0.4, 0.5) is 5.69 Å². The Morgan fingerprint density at radius 2 is 1.57 bits per heavy atom. The van der Waals surface area contributed by atoms with Crippen LogP contribution in [0.5, 0.6) is 0 Å². The predicted octanol–water partition coefficient (Wildman–Crippen LogP) is 3.37. The second kappa shape index (κ2) is 7.58. The zero-order valence-corrected chi connectivity index (χ0v) is 13.8. The van der Waals surface area contributed by atoms with Gasteiger partial charge in [0, 0.05) is 24.2 Å². The first-order chi connectivity index (χ1) is 11.0. The average molecular weight is 310 g/mol. The number of aryl methyl sites for hydroxylation is 3. The van der Waals surface area contributed by atoms with E-state index in [4.69, 9.17) is 0 Å². The smallest absolute Gasteiger partial charge is 0.251 e. The molecule has 0 spiro atoms. The first-order valence-electron chi connectivity index (χ1n) is 7.68. The third kappa shape index (κ3) is 4.68. The molecule has 23 heavy (non-hydrogen) atoms. The SMILES string of the molecule is Cc1cc(C)c(NC(=O)CCNC(=O)c2ccccc2)c(C)c1. The molecule has 0 saturated heterocycles. The highest BCUT2D eigenvalue weighted by molar-refractivity contribution is 5.95. The van der Waals surface area contributed by atoms with Gasteiger partial charge in [0.2, 0.25) is 5.91 Å². The molecule has 0 fully saturated rings. The molecule has 0 aliphatic heterocycles. The summed E-state index contributed by atoms with van der Waals surface area (Å²) < 4.78 is 0. The Morgan fingerprint density at radius 1 is 0.957 bits per heavy atom. The molecule has 120 valence electrons. The van der Waals surface area contributed by atoms with Crippen molar-refractivity contribution in [2.75, 3.05) is 11.9 Å². The van der Waals surface area contributed by atoms with Crippen LogP contribution in [0, 0.1) is 20.8 Å². The Bertz CT molecular complexity index is 686. The Kier molecular flexibility index (Phi) is 5.52. The molecule has 2 N–H and O–H groups in total. The zero-order chi connectivity index (χ0) is 16.8. The van der Waals surface area contributed by atoms with Crippen molar-refractivity contribution in [2.24, 2.45) is 0 Å². The van der Waals surface area contributed by atoms with Gasteiger partial charge < -0.3 is 10.6 Å². The van der Waals surface area contributed by atoms with E-state index in [9.17, 15) is 9.59 Å². The van der Waals surface area contributed by atoms with Gasteiger partial charge >= 0.3 is 0 Å². The Hall–Kier alpha value is -2.62. The lowest BCUT2D eigenvalue weighted by Crippen LogP contribution is -2.27. The minimum Gasteiger partial charge on any atom is -0.352 e. The van der Waals surface area contributed by atoms with Crippen LogP contribution < -0.4 is 10.6 Å². The monoisotopic (exact) mass is 310 g/mol. The number of amides is 2. The minimum atomic E-state index is -0.166. The quantitative estimate of drug-likeness (QED) is 0.889. The lowest BCUT2D eigenvalue weighted by atomic mass is 10.1. The Labute approximate surface area is 136 Å². The number of anilines is 1. The van der Waals surface area contributed by atoms with E-state index in [0.29, 0.717) is 12.1 Å². The Balaban J connectivity index is 1.85. The fraction of sp³-hybridized carbons (Fsp3) is 0.263. The molecule has 0 heterocycles. The Morgan fingerprint density at radius 3 is 2.17 bits per heavy atom. The van der Waals surface area contributed by atoms with Gasteiger partial charge in [-0.25, -0.2) is 0 Å². The normalized spacial score (nSPS) is 10.2. The van der Waals surface area contributed by atoms with Gasteiger partial charge in [0.05, 0.1) is 0 Å². The number of nitrogens with one attached hydrogen (secondary N) is 2. The summed E-state index contributed by atoms with van der Waals surface area (Å²) in [5.74, 6) is -0.269. The summed E-state index contributed by atoms with van der Waals surface area (Å²) >= 11 is 0. The maximum Gasteiger partial charge on any atom is 0.251 e. The molecule has 0 unspecified atom stereocenters. The molecule has 2 aromatic carbocycles. The highest BCUT2D eigenvalue weighted by Gasteiger charge is 2.09. The van der Waals surface area contributed by atoms with E-state index >= 15 is 0 Å². The first-order valence-corrected chi connectivity index (χ1v) is 7.68. The highest BCUT2D eigenvalue weighted by Crippen LogP contribution is 2.21. The van der Waals surface area contributed by atoms with Gasteiger partial charge in [-0.3, -0.25) is 9.59 Å². The number of hydrogen-bond donors (Lipinski definition) is 2. The number of benzene rings is 2. The summed E-state index contributed by atoms with van der Waals surface area (Å²) in [6, 6.07) is 13.0. The van der Waals surface area contributed by atoms with Crippen LogP contribution in [-0.4, -0.2) is 18.4 Å². The second-order valence-corrected chi connectivity index (χ2v) is 5.69. The van der Waals surface area contributed by atoms with Crippen molar-refractivity contribution in [3.8, 4) is 0 Å². The van der Waals surface area contributed by atoms with Crippen molar-refractivity contribution in [1.82, 2.24) is 5.32 Å². The van der Waals surface area contributed by atoms with Gasteiger partial charge in [0.15, 0.2) is 0 Å². The van der Waals surface area contributed by atoms with E-state index in [-0.39, 0.29) is 18.2 Å². The third-order valence-electron chi connectivity index (χ3n) is 3.62. The van der Waals surface area contributed by atoms with Crippen molar-refractivity contribution in [3.05, 3.63) is 64.7 Å². The molecule has 4 nitrogen and oxygen atoms in total. The molecule has 0 aliphatic carbocycles.